The highest BCUT2D eigenvalue weighted by molar-refractivity contribution is 6.35. The van der Waals surface area contributed by atoms with Gasteiger partial charge in [-0.2, -0.15) is 18.3 Å². The monoisotopic (exact) mass is 322 g/mol. The lowest BCUT2D eigenvalue weighted by molar-refractivity contribution is -0.141. The molecule has 20 heavy (non-hydrogen) atoms. The fourth-order valence-corrected chi connectivity index (χ4v) is 1.94. The molecule has 0 bridgehead atoms. The molecule has 0 N–H and O–H groups in total. The molecule has 8 heteroatoms. The number of aromatic nitrogens is 2. The van der Waals surface area contributed by atoms with Crippen LogP contribution in [0.1, 0.15) is 16.1 Å². The minimum atomic E-state index is -4.54. The van der Waals surface area contributed by atoms with Crippen molar-refractivity contribution in [2.24, 2.45) is 0 Å². The smallest absolute Gasteiger partial charge is 0.292 e. The van der Waals surface area contributed by atoms with E-state index < -0.39 is 17.7 Å². The maximum absolute atomic E-state index is 12.4. The quantitative estimate of drug-likeness (QED) is 0.798. The average molecular weight is 323 g/mol. The minimum absolute atomic E-state index is 0.142. The number of hydrogen-bond acceptors (Lipinski definition) is 2. The topological polar surface area (TPSA) is 34.9 Å². The third-order valence-corrected chi connectivity index (χ3v) is 3.03. The number of benzene rings is 1. The zero-order valence-electron chi connectivity index (χ0n) is 9.79. The predicted molar refractivity (Wildman–Crippen MR) is 68.0 cm³/mol. The van der Waals surface area contributed by atoms with E-state index in [-0.39, 0.29) is 17.1 Å². The van der Waals surface area contributed by atoms with Crippen molar-refractivity contribution in [1.82, 2.24) is 9.78 Å². The van der Waals surface area contributed by atoms with Crippen LogP contribution < -0.4 is 0 Å². The number of alkyl halides is 3. The Hall–Kier alpha value is -1.53. The lowest BCUT2D eigenvalue weighted by Gasteiger charge is -2.05. The van der Waals surface area contributed by atoms with Gasteiger partial charge in [0.05, 0.1) is 5.02 Å². The average Bonchev–Trinajstić information content (AvgIpc) is 2.80. The maximum atomic E-state index is 12.4. The zero-order chi connectivity index (χ0) is 14.9. The van der Waals surface area contributed by atoms with E-state index in [1.807, 2.05) is 0 Å². The van der Waals surface area contributed by atoms with Gasteiger partial charge >= 0.3 is 6.18 Å². The molecule has 0 radical (unpaired) electrons. The molecule has 0 saturated heterocycles. The first kappa shape index (κ1) is 14.9. The number of ketones is 1. The van der Waals surface area contributed by atoms with Crippen molar-refractivity contribution < 1.29 is 18.0 Å². The second-order valence-electron chi connectivity index (χ2n) is 3.94. The SMILES string of the molecule is O=C(Cn1ccc(C(F)(F)F)n1)c1cc(Cl)ccc1Cl. The Kier molecular flexibility index (Phi) is 4.06. The summed E-state index contributed by atoms with van der Waals surface area (Å²) in [7, 11) is 0. The highest BCUT2D eigenvalue weighted by atomic mass is 35.5. The normalized spacial score (nSPS) is 11.7. The van der Waals surface area contributed by atoms with Crippen LogP contribution in [-0.4, -0.2) is 15.6 Å². The van der Waals surface area contributed by atoms with E-state index in [4.69, 9.17) is 23.2 Å². The van der Waals surface area contributed by atoms with Crippen molar-refractivity contribution in [3.63, 3.8) is 0 Å². The molecular weight excluding hydrogens is 316 g/mol. The molecule has 0 amide bonds. The summed E-state index contributed by atoms with van der Waals surface area (Å²) in [6.45, 7) is -0.351. The largest absolute Gasteiger partial charge is 0.435 e. The Morgan fingerprint density at radius 3 is 2.55 bits per heavy atom. The molecule has 1 aromatic carbocycles. The van der Waals surface area contributed by atoms with Crippen LogP contribution >= 0.6 is 23.2 Å². The number of carbonyl (C=O) groups excluding carboxylic acids is 1. The molecule has 0 atom stereocenters. The molecule has 0 unspecified atom stereocenters. The molecule has 0 fully saturated rings. The van der Waals surface area contributed by atoms with E-state index in [0.29, 0.717) is 5.02 Å². The van der Waals surface area contributed by atoms with Crippen LogP contribution in [-0.2, 0) is 12.7 Å². The molecule has 0 aliphatic rings. The van der Waals surface area contributed by atoms with Crippen molar-refractivity contribution in [2.45, 2.75) is 12.7 Å². The number of rotatable bonds is 3. The molecule has 0 aliphatic carbocycles. The van der Waals surface area contributed by atoms with Crippen LogP contribution in [0.2, 0.25) is 10.0 Å². The Labute approximate surface area is 121 Å². The lowest BCUT2D eigenvalue weighted by atomic mass is 10.1. The van der Waals surface area contributed by atoms with Gasteiger partial charge in [-0.1, -0.05) is 23.2 Å². The molecule has 0 aliphatic heterocycles. The number of halogens is 5. The Balaban J connectivity index is 2.20. The molecule has 0 spiro atoms. The molecule has 1 aromatic heterocycles. The summed E-state index contributed by atoms with van der Waals surface area (Å²) in [5.41, 5.74) is -0.911. The third kappa shape index (κ3) is 3.32. The fraction of sp³-hybridized carbons (Fsp3) is 0.167. The van der Waals surface area contributed by atoms with Gasteiger partial charge in [0.1, 0.15) is 6.54 Å². The van der Waals surface area contributed by atoms with Crippen LogP contribution in [0, 0.1) is 0 Å². The first-order valence-corrected chi connectivity index (χ1v) is 6.12. The molecule has 3 nitrogen and oxygen atoms in total. The molecule has 2 aromatic rings. The number of carbonyl (C=O) groups is 1. The molecule has 0 saturated carbocycles. The van der Waals surface area contributed by atoms with E-state index in [9.17, 15) is 18.0 Å². The van der Waals surface area contributed by atoms with E-state index in [0.717, 1.165) is 16.9 Å². The zero-order valence-corrected chi connectivity index (χ0v) is 11.3. The molecule has 1 heterocycles. The highest BCUT2D eigenvalue weighted by Gasteiger charge is 2.33. The van der Waals surface area contributed by atoms with Crippen LogP contribution in [0.25, 0.3) is 0 Å². The van der Waals surface area contributed by atoms with Gasteiger partial charge in [-0.3, -0.25) is 9.48 Å². The standard InChI is InChI=1S/C12H7Cl2F3N2O/c13-7-1-2-9(14)8(5-7)10(20)6-19-4-3-11(18-19)12(15,16)17/h1-5H,6H2. The van der Waals surface area contributed by atoms with E-state index in [2.05, 4.69) is 5.10 Å². The Bertz CT molecular complexity index is 652. The maximum Gasteiger partial charge on any atom is 0.435 e. The van der Waals surface area contributed by atoms with E-state index in [1.54, 1.807) is 0 Å². The van der Waals surface area contributed by atoms with Gasteiger partial charge in [-0.05, 0) is 24.3 Å². The number of Topliss-reactive ketones (excluding diaryl/α,β-unsaturated/α-hetero) is 1. The first-order chi connectivity index (χ1) is 9.27. The van der Waals surface area contributed by atoms with E-state index in [1.165, 1.54) is 18.2 Å². The third-order valence-electron chi connectivity index (χ3n) is 2.47. The summed E-state index contributed by atoms with van der Waals surface area (Å²) < 4.78 is 38.0. The van der Waals surface area contributed by atoms with Gasteiger partial charge in [-0.15, -0.1) is 0 Å². The van der Waals surface area contributed by atoms with Crippen molar-refractivity contribution in [2.75, 3.05) is 0 Å². The first-order valence-electron chi connectivity index (χ1n) is 5.36. The summed E-state index contributed by atoms with van der Waals surface area (Å²) in [4.78, 5) is 12.0. The van der Waals surface area contributed by atoms with Gasteiger partial charge in [-0.25, -0.2) is 0 Å². The highest BCUT2D eigenvalue weighted by Crippen LogP contribution is 2.27. The van der Waals surface area contributed by atoms with Gasteiger partial charge in [0.25, 0.3) is 0 Å². The lowest BCUT2D eigenvalue weighted by Crippen LogP contribution is -2.13. The van der Waals surface area contributed by atoms with Crippen molar-refractivity contribution in [3.8, 4) is 0 Å². The Morgan fingerprint density at radius 1 is 1.25 bits per heavy atom. The van der Waals surface area contributed by atoms with Crippen LogP contribution in [0.15, 0.2) is 30.5 Å². The van der Waals surface area contributed by atoms with Gasteiger partial charge in [0.2, 0.25) is 0 Å². The van der Waals surface area contributed by atoms with Crippen LogP contribution in [0.5, 0.6) is 0 Å². The van der Waals surface area contributed by atoms with Crippen molar-refractivity contribution in [1.29, 1.82) is 0 Å². The van der Waals surface area contributed by atoms with Crippen LogP contribution in [0.3, 0.4) is 0 Å². The second kappa shape index (κ2) is 5.46. The Morgan fingerprint density at radius 2 is 1.95 bits per heavy atom. The summed E-state index contributed by atoms with van der Waals surface area (Å²) >= 11 is 11.6. The van der Waals surface area contributed by atoms with E-state index >= 15 is 0 Å². The van der Waals surface area contributed by atoms with Gasteiger partial charge in [0, 0.05) is 16.8 Å². The van der Waals surface area contributed by atoms with Gasteiger partial charge in [0.15, 0.2) is 11.5 Å². The van der Waals surface area contributed by atoms with Gasteiger partial charge < -0.3 is 0 Å². The molecular formula is C12H7Cl2F3N2O. The summed E-state index contributed by atoms with van der Waals surface area (Å²) in [5, 5.41) is 3.79. The fourth-order valence-electron chi connectivity index (χ4n) is 1.54. The summed E-state index contributed by atoms with van der Waals surface area (Å²) in [6, 6.07) is 5.12. The summed E-state index contributed by atoms with van der Waals surface area (Å²) in [6.07, 6.45) is -3.46. The van der Waals surface area contributed by atoms with Crippen molar-refractivity contribution >= 4 is 29.0 Å². The second-order valence-corrected chi connectivity index (χ2v) is 4.79. The predicted octanol–water partition coefficient (Wildman–Crippen LogP) is 4.09. The minimum Gasteiger partial charge on any atom is -0.292 e. The number of hydrogen-bond donors (Lipinski definition) is 0. The van der Waals surface area contributed by atoms with Crippen LogP contribution in [0.4, 0.5) is 13.2 Å². The number of nitrogens with zero attached hydrogens (tertiary/aromatic N) is 2. The molecule has 106 valence electrons. The summed E-state index contributed by atoms with van der Waals surface area (Å²) in [5.74, 6) is -0.477. The molecule has 2 rings (SSSR count). The van der Waals surface area contributed by atoms with Crippen molar-refractivity contribution in [3.05, 3.63) is 51.8 Å².